The van der Waals surface area contributed by atoms with E-state index in [-0.39, 0.29) is 12.2 Å². The summed E-state index contributed by atoms with van der Waals surface area (Å²) in [7, 11) is 1.44. The molecule has 29 heavy (non-hydrogen) atoms. The molecule has 0 heterocycles. The van der Waals surface area contributed by atoms with E-state index in [2.05, 4.69) is 21.2 Å². The van der Waals surface area contributed by atoms with Crippen molar-refractivity contribution in [2.24, 2.45) is 5.73 Å². The lowest BCUT2D eigenvalue weighted by molar-refractivity contribution is -0.120. The van der Waals surface area contributed by atoms with Gasteiger partial charge in [0.2, 0.25) is 0 Å². The monoisotopic (exact) mass is 457 g/mol. The molecule has 0 aromatic heterocycles. The van der Waals surface area contributed by atoms with Crippen molar-refractivity contribution in [3.63, 3.8) is 0 Å². The highest BCUT2D eigenvalue weighted by molar-refractivity contribution is 9.10. The van der Waals surface area contributed by atoms with Gasteiger partial charge < -0.3 is 20.5 Å². The number of methoxy groups -OCH3 is 1. The van der Waals surface area contributed by atoms with Crippen LogP contribution in [0.15, 0.2) is 40.4 Å². The predicted molar refractivity (Wildman–Crippen MR) is 114 cm³/mol. The number of amides is 2. The molecule has 0 aliphatic heterocycles. The van der Waals surface area contributed by atoms with Gasteiger partial charge in [0.25, 0.3) is 11.8 Å². The van der Waals surface area contributed by atoms with Gasteiger partial charge in [0.05, 0.1) is 11.6 Å². The van der Waals surface area contributed by atoms with Crippen LogP contribution in [-0.4, -0.2) is 25.5 Å². The SMILES string of the molecule is COc1cc(/C=C(\C#N)C(=O)Nc2cccc(C)c2C)cc(Br)c1OCC(N)=O. The van der Waals surface area contributed by atoms with Crippen LogP contribution in [0.3, 0.4) is 0 Å². The van der Waals surface area contributed by atoms with Gasteiger partial charge in [-0.15, -0.1) is 0 Å². The minimum absolute atomic E-state index is 0.0781. The zero-order valence-corrected chi connectivity index (χ0v) is 17.8. The Morgan fingerprint density at radius 2 is 2.03 bits per heavy atom. The number of benzene rings is 2. The Bertz CT molecular complexity index is 1030. The molecule has 2 amide bonds. The number of rotatable bonds is 7. The van der Waals surface area contributed by atoms with E-state index < -0.39 is 11.8 Å². The number of ether oxygens (including phenoxy) is 2. The van der Waals surface area contributed by atoms with Crippen LogP contribution in [0.1, 0.15) is 16.7 Å². The molecule has 8 heteroatoms. The van der Waals surface area contributed by atoms with Crippen molar-refractivity contribution >= 4 is 39.5 Å². The van der Waals surface area contributed by atoms with Gasteiger partial charge in [0, 0.05) is 5.69 Å². The van der Waals surface area contributed by atoms with Crippen LogP contribution in [0.2, 0.25) is 0 Å². The molecule has 0 aliphatic carbocycles. The minimum atomic E-state index is -0.627. The van der Waals surface area contributed by atoms with Gasteiger partial charge in [-0.3, -0.25) is 9.59 Å². The summed E-state index contributed by atoms with van der Waals surface area (Å²) in [6.45, 7) is 3.52. The first-order chi connectivity index (χ1) is 13.8. The summed E-state index contributed by atoms with van der Waals surface area (Å²) >= 11 is 3.34. The Morgan fingerprint density at radius 1 is 1.31 bits per heavy atom. The fraction of sp³-hybridized carbons (Fsp3) is 0.190. The molecule has 0 saturated heterocycles. The molecule has 150 valence electrons. The van der Waals surface area contributed by atoms with Gasteiger partial charge in [-0.05, 0) is 70.7 Å². The number of hydrogen-bond donors (Lipinski definition) is 2. The average molecular weight is 458 g/mol. The van der Waals surface area contributed by atoms with Crippen molar-refractivity contribution in [1.29, 1.82) is 5.26 Å². The molecule has 2 aromatic rings. The third-order valence-electron chi connectivity index (χ3n) is 4.14. The molecule has 0 atom stereocenters. The third kappa shape index (κ3) is 5.59. The molecule has 0 saturated carbocycles. The standard InChI is InChI=1S/C21H20BrN3O4/c1-12-5-4-6-17(13(12)2)25-21(27)15(10-23)7-14-8-16(22)20(18(9-14)28-3)29-11-19(24)26/h4-9H,11H2,1-3H3,(H2,24,26)(H,25,27)/b15-7+. The van der Waals surface area contributed by atoms with Crippen LogP contribution in [0.25, 0.3) is 6.08 Å². The van der Waals surface area contributed by atoms with E-state index in [4.69, 9.17) is 15.2 Å². The number of nitrogens with two attached hydrogens (primary N) is 1. The molecule has 0 fully saturated rings. The molecule has 0 bridgehead atoms. The van der Waals surface area contributed by atoms with Gasteiger partial charge in [0.15, 0.2) is 18.1 Å². The molecular weight excluding hydrogens is 438 g/mol. The van der Waals surface area contributed by atoms with E-state index in [1.807, 2.05) is 32.0 Å². The van der Waals surface area contributed by atoms with Crippen LogP contribution in [-0.2, 0) is 9.59 Å². The van der Waals surface area contributed by atoms with Gasteiger partial charge in [-0.25, -0.2) is 0 Å². The van der Waals surface area contributed by atoms with Gasteiger partial charge in [-0.2, -0.15) is 5.26 Å². The molecule has 0 unspecified atom stereocenters. The van der Waals surface area contributed by atoms with E-state index in [0.717, 1.165) is 11.1 Å². The number of carbonyl (C=O) groups is 2. The maximum atomic E-state index is 12.6. The van der Waals surface area contributed by atoms with E-state index in [1.165, 1.54) is 13.2 Å². The van der Waals surface area contributed by atoms with Gasteiger partial charge in [-0.1, -0.05) is 12.1 Å². The maximum Gasteiger partial charge on any atom is 0.266 e. The summed E-state index contributed by atoms with van der Waals surface area (Å²) in [5.41, 5.74) is 8.16. The maximum absolute atomic E-state index is 12.6. The summed E-state index contributed by atoms with van der Waals surface area (Å²) < 4.78 is 11.1. The Labute approximate surface area is 177 Å². The van der Waals surface area contributed by atoms with Crippen molar-refractivity contribution in [3.8, 4) is 17.6 Å². The summed E-state index contributed by atoms with van der Waals surface area (Å²) in [6, 6.07) is 10.7. The molecule has 0 spiro atoms. The normalized spacial score (nSPS) is 10.8. The number of primary amides is 1. The van der Waals surface area contributed by atoms with Crippen LogP contribution in [0, 0.1) is 25.2 Å². The molecule has 7 nitrogen and oxygen atoms in total. The fourth-order valence-electron chi connectivity index (χ4n) is 2.50. The first-order valence-corrected chi connectivity index (χ1v) is 9.34. The largest absolute Gasteiger partial charge is 0.493 e. The van der Waals surface area contributed by atoms with E-state index in [1.54, 1.807) is 18.2 Å². The molecule has 0 radical (unpaired) electrons. The van der Waals surface area contributed by atoms with Crippen LogP contribution in [0.4, 0.5) is 5.69 Å². The number of nitriles is 1. The number of nitrogens with one attached hydrogen (secondary N) is 1. The van der Waals surface area contributed by atoms with Gasteiger partial charge in [0.1, 0.15) is 11.6 Å². The molecule has 3 N–H and O–H groups in total. The second-order valence-electron chi connectivity index (χ2n) is 6.16. The van der Waals surface area contributed by atoms with Crippen molar-refractivity contribution < 1.29 is 19.1 Å². The number of carbonyl (C=O) groups excluding carboxylic acids is 2. The van der Waals surface area contributed by atoms with Crippen molar-refractivity contribution in [2.45, 2.75) is 13.8 Å². The van der Waals surface area contributed by atoms with E-state index in [9.17, 15) is 14.9 Å². The highest BCUT2D eigenvalue weighted by Gasteiger charge is 2.15. The smallest absolute Gasteiger partial charge is 0.266 e. The van der Waals surface area contributed by atoms with E-state index >= 15 is 0 Å². The molecule has 2 rings (SSSR count). The zero-order valence-electron chi connectivity index (χ0n) is 16.2. The number of halogens is 1. The topological polar surface area (TPSA) is 114 Å². The Morgan fingerprint density at radius 3 is 2.66 bits per heavy atom. The highest BCUT2D eigenvalue weighted by atomic mass is 79.9. The Kier molecular flexibility index (Phi) is 7.39. The number of anilines is 1. The van der Waals surface area contributed by atoms with Crippen LogP contribution < -0.4 is 20.5 Å². The summed E-state index contributed by atoms with van der Waals surface area (Å²) in [6.07, 6.45) is 1.44. The first kappa shape index (κ1) is 22.0. The zero-order chi connectivity index (χ0) is 21.6. The van der Waals surface area contributed by atoms with Crippen molar-refractivity contribution in [2.75, 3.05) is 19.0 Å². The summed E-state index contributed by atoms with van der Waals surface area (Å²) in [5, 5.41) is 12.2. The Balaban J connectivity index is 2.33. The summed E-state index contributed by atoms with van der Waals surface area (Å²) in [4.78, 5) is 23.5. The average Bonchev–Trinajstić information content (AvgIpc) is 2.68. The Hall–Kier alpha value is -3.31. The number of hydrogen-bond acceptors (Lipinski definition) is 5. The first-order valence-electron chi connectivity index (χ1n) is 8.54. The molecule has 0 aliphatic rings. The third-order valence-corrected chi connectivity index (χ3v) is 4.73. The second kappa shape index (κ2) is 9.75. The highest BCUT2D eigenvalue weighted by Crippen LogP contribution is 2.37. The summed E-state index contributed by atoms with van der Waals surface area (Å²) in [5.74, 6) is -0.538. The van der Waals surface area contributed by atoms with Crippen LogP contribution >= 0.6 is 15.9 Å². The van der Waals surface area contributed by atoms with Crippen LogP contribution in [0.5, 0.6) is 11.5 Å². The fourth-order valence-corrected chi connectivity index (χ4v) is 3.07. The molecular formula is C21H20BrN3O4. The van der Waals surface area contributed by atoms with E-state index in [0.29, 0.717) is 27.2 Å². The lowest BCUT2D eigenvalue weighted by atomic mass is 10.1. The minimum Gasteiger partial charge on any atom is -0.493 e. The van der Waals surface area contributed by atoms with Gasteiger partial charge >= 0.3 is 0 Å². The second-order valence-corrected chi connectivity index (χ2v) is 7.01. The lowest BCUT2D eigenvalue weighted by Gasteiger charge is -2.13. The number of nitrogens with zero attached hydrogens (tertiary/aromatic N) is 1. The molecule has 2 aromatic carbocycles. The van der Waals surface area contributed by atoms with Crippen molar-refractivity contribution in [3.05, 3.63) is 57.1 Å². The quantitative estimate of drug-likeness (QED) is 0.487. The predicted octanol–water partition coefficient (Wildman–Crippen LogP) is 3.48. The lowest BCUT2D eigenvalue weighted by Crippen LogP contribution is -2.20. The van der Waals surface area contributed by atoms with Crippen molar-refractivity contribution in [1.82, 2.24) is 0 Å². The number of aryl methyl sites for hydroxylation is 1.